The van der Waals surface area contributed by atoms with Crippen molar-refractivity contribution in [1.29, 1.82) is 0 Å². The summed E-state index contributed by atoms with van der Waals surface area (Å²) in [6.45, 7) is 5.31. The van der Waals surface area contributed by atoms with E-state index in [0.29, 0.717) is 0 Å². The van der Waals surface area contributed by atoms with Gasteiger partial charge in [-0.2, -0.15) is 0 Å². The zero-order valence-corrected chi connectivity index (χ0v) is 30.4. The molecular formula is C34H48B6N8. The van der Waals surface area contributed by atoms with Crippen molar-refractivity contribution < 1.29 is 0 Å². The number of hydrogen-bond donors (Lipinski definition) is 0. The van der Waals surface area contributed by atoms with Crippen molar-refractivity contribution in [3.63, 3.8) is 0 Å². The van der Waals surface area contributed by atoms with Crippen molar-refractivity contribution >= 4 is 64.0 Å². The number of para-hydroxylation sites is 4. The first-order valence-electron chi connectivity index (χ1n) is 17.0. The van der Waals surface area contributed by atoms with Gasteiger partial charge in [0.25, 0.3) is 0 Å². The summed E-state index contributed by atoms with van der Waals surface area (Å²) in [5.74, 6) is 0. The van der Waals surface area contributed by atoms with Gasteiger partial charge in [-0.3, -0.25) is 0 Å². The van der Waals surface area contributed by atoms with Gasteiger partial charge in [0.1, 0.15) is 0 Å². The maximum atomic E-state index is 2.70. The van der Waals surface area contributed by atoms with Crippen LogP contribution in [-0.4, -0.2) is 117 Å². The largest absolute Gasteiger partial charge is 0.434 e. The molecule has 14 heteroatoms. The first kappa shape index (κ1) is 34.2. The lowest BCUT2D eigenvalue weighted by molar-refractivity contribution is 0.615. The van der Waals surface area contributed by atoms with Crippen molar-refractivity contribution in [2.24, 2.45) is 0 Å². The zero-order chi connectivity index (χ0) is 34.3. The summed E-state index contributed by atoms with van der Waals surface area (Å²) in [6, 6.07) is 38.5. The molecule has 2 saturated heterocycles. The number of rotatable bonds is 4. The molecule has 0 spiro atoms. The predicted molar refractivity (Wildman–Crippen MR) is 214 cm³/mol. The van der Waals surface area contributed by atoms with Gasteiger partial charge in [-0.1, -0.05) is 96.1 Å². The summed E-state index contributed by atoms with van der Waals surface area (Å²) in [5.41, 5.74) is 7.98. The fourth-order valence-corrected chi connectivity index (χ4v) is 8.12. The predicted octanol–water partition coefficient (Wildman–Crippen LogP) is 4.07. The van der Waals surface area contributed by atoms with Crippen LogP contribution in [-0.2, 0) is 0 Å². The molecule has 8 rings (SSSR count). The van der Waals surface area contributed by atoms with E-state index in [9.17, 15) is 0 Å². The average Bonchev–Trinajstić information content (AvgIpc) is 3.58. The zero-order valence-electron chi connectivity index (χ0n) is 30.4. The molecule has 4 aliphatic heterocycles. The molecule has 0 aromatic heterocycles. The summed E-state index contributed by atoms with van der Waals surface area (Å²) in [5, 5.41) is 0. The molecule has 8 nitrogen and oxygen atoms in total. The van der Waals surface area contributed by atoms with Crippen LogP contribution in [0.25, 0.3) is 0 Å². The second-order valence-electron chi connectivity index (χ2n) is 14.3. The molecule has 2 fully saturated rings. The van der Waals surface area contributed by atoms with E-state index in [-0.39, 0.29) is 41.2 Å². The van der Waals surface area contributed by atoms with Gasteiger partial charge in [0, 0.05) is 22.7 Å². The standard InChI is InChI=1S/C20H32B6N8.2C7H8/c1-27(2)21-22(28(3)4)32-19-15-11-12-16-20(19)34-24(30(7)8)23(29(5)6)33-18-14-10-9-13-17(18)31(21)25(33)26(32)34;2*1-7-5-3-2-4-6-7/h9-16H,1-8H3;2*2-6H,1H3. The van der Waals surface area contributed by atoms with E-state index in [2.05, 4.69) is 181 Å². The Balaban J connectivity index is 0.000000237. The van der Waals surface area contributed by atoms with E-state index >= 15 is 0 Å². The van der Waals surface area contributed by atoms with Crippen LogP contribution in [0.1, 0.15) is 11.1 Å². The lowest BCUT2D eigenvalue weighted by Gasteiger charge is -2.58. The minimum absolute atomic E-state index is 0.189. The Kier molecular flexibility index (Phi) is 10.00. The van der Waals surface area contributed by atoms with Crippen molar-refractivity contribution in [2.45, 2.75) is 13.8 Å². The van der Waals surface area contributed by atoms with Gasteiger partial charge in [-0.15, -0.1) is 0 Å². The molecule has 0 aliphatic carbocycles. The molecule has 4 aromatic carbocycles. The van der Waals surface area contributed by atoms with E-state index < -0.39 is 0 Å². The highest BCUT2D eigenvalue weighted by Gasteiger charge is 2.74. The number of benzene rings is 4. The number of anilines is 4. The summed E-state index contributed by atoms with van der Waals surface area (Å²) in [7, 11) is 17.8. The van der Waals surface area contributed by atoms with Gasteiger partial charge in [0.2, 0.25) is 0 Å². The molecule has 0 unspecified atom stereocenters. The minimum Gasteiger partial charge on any atom is -0.434 e. The molecule has 0 N–H and O–H groups in total. The monoisotopic (exact) mass is 634 g/mol. The second kappa shape index (κ2) is 14.0. The van der Waals surface area contributed by atoms with Crippen LogP contribution in [0.4, 0.5) is 22.7 Å². The summed E-state index contributed by atoms with van der Waals surface area (Å²) in [4.78, 5) is 9.59. The third-order valence-corrected chi connectivity index (χ3v) is 9.95. The number of hydrogen-bond acceptors (Lipinski definition) is 8. The van der Waals surface area contributed by atoms with Crippen molar-refractivity contribution in [2.75, 3.05) is 75.3 Å². The Bertz CT molecular complexity index is 1460. The summed E-state index contributed by atoms with van der Waals surface area (Å²) in [6.07, 6.45) is 0. The fraction of sp³-hybridized carbons (Fsp3) is 0.294. The van der Waals surface area contributed by atoms with Crippen molar-refractivity contribution in [1.82, 2.24) is 19.2 Å². The quantitative estimate of drug-likeness (QED) is 0.311. The maximum Gasteiger partial charge on any atom is 0.365 e. The molecule has 4 heterocycles. The third kappa shape index (κ3) is 5.93. The normalized spacial score (nSPS) is 15.6. The molecule has 48 heavy (non-hydrogen) atoms. The van der Waals surface area contributed by atoms with E-state index in [1.807, 2.05) is 36.4 Å². The van der Waals surface area contributed by atoms with Gasteiger partial charge in [-0.25, -0.2) is 0 Å². The van der Waals surface area contributed by atoms with Crippen LogP contribution in [0, 0.1) is 13.8 Å². The summed E-state index contributed by atoms with van der Waals surface area (Å²) < 4.78 is 10.8. The Morgan fingerprint density at radius 1 is 0.333 bits per heavy atom. The molecule has 4 aromatic rings. The van der Waals surface area contributed by atoms with Gasteiger partial charge in [-0.05, 0) is 94.5 Å². The summed E-state index contributed by atoms with van der Waals surface area (Å²) >= 11 is 0. The molecule has 0 radical (unpaired) electrons. The number of nitrogens with zero attached hydrogens (tertiary/aromatic N) is 8. The molecule has 4 aliphatic rings. The maximum absolute atomic E-state index is 2.70. The minimum atomic E-state index is 0.189. The first-order chi connectivity index (χ1) is 23.0. The molecular weight excluding hydrogens is 585 g/mol. The van der Waals surface area contributed by atoms with Crippen molar-refractivity contribution in [3.05, 3.63) is 120 Å². The SMILES string of the molecule is CN(C)B1B(N(C)C)N2B3B4N1c1ccccc1N4B(N(C)C)B(N(C)C)N3c1ccccc12.Cc1ccccc1.Cc1ccccc1. The third-order valence-electron chi connectivity index (χ3n) is 9.95. The Hall–Kier alpha value is -3.69. The first-order valence-corrected chi connectivity index (χ1v) is 17.0. The Labute approximate surface area is 291 Å². The van der Waals surface area contributed by atoms with E-state index in [0.717, 1.165) is 0 Å². The van der Waals surface area contributed by atoms with Crippen LogP contribution in [0.2, 0.25) is 0 Å². The highest BCUT2D eigenvalue weighted by Crippen LogP contribution is 2.52. The molecule has 242 valence electrons. The highest BCUT2D eigenvalue weighted by molar-refractivity contribution is 7.54. The molecule has 0 amide bonds. The van der Waals surface area contributed by atoms with Gasteiger partial charge >= 0.3 is 41.2 Å². The van der Waals surface area contributed by atoms with E-state index in [1.165, 1.54) is 33.9 Å². The van der Waals surface area contributed by atoms with Crippen LogP contribution >= 0.6 is 0 Å². The van der Waals surface area contributed by atoms with E-state index in [1.54, 1.807) is 0 Å². The lowest BCUT2D eigenvalue weighted by atomic mass is 9.07. The van der Waals surface area contributed by atoms with Crippen LogP contribution < -0.4 is 18.9 Å². The highest BCUT2D eigenvalue weighted by atomic mass is 15.4. The smallest absolute Gasteiger partial charge is 0.365 e. The average molecular weight is 634 g/mol. The van der Waals surface area contributed by atoms with Crippen molar-refractivity contribution in [3.8, 4) is 0 Å². The van der Waals surface area contributed by atoms with Gasteiger partial charge in [0.15, 0.2) is 0 Å². The van der Waals surface area contributed by atoms with Gasteiger partial charge in [0.05, 0.1) is 0 Å². The Morgan fingerprint density at radius 3 is 0.708 bits per heavy atom. The van der Waals surface area contributed by atoms with Crippen LogP contribution in [0.5, 0.6) is 0 Å². The molecule has 0 bridgehead atoms. The van der Waals surface area contributed by atoms with Crippen LogP contribution in [0.3, 0.4) is 0 Å². The van der Waals surface area contributed by atoms with Crippen LogP contribution in [0.15, 0.2) is 109 Å². The molecule has 0 saturated carbocycles. The second-order valence-corrected chi connectivity index (χ2v) is 14.3. The van der Waals surface area contributed by atoms with E-state index in [4.69, 9.17) is 0 Å². The fourth-order valence-electron chi connectivity index (χ4n) is 8.12. The van der Waals surface area contributed by atoms with Gasteiger partial charge < -0.3 is 38.1 Å². The number of fused-ring (bicyclic) bond motifs is 6. The lowest BCUT2D eigenvalue weighted by Crippen LogP contribution is -2.94. The molecule has 0 atom stereocenters. The Morgan fingerprint density at radius 2 is 0.542 bits per heavy atom. The number of aryl methyl sites for hydroxylation is 2. The topological polar surface area (TPSA) is 25.9 Å².